The largest absolute Gasteiger partial charge is 0.476 e. The van der Waals surface area contributed by atoms with Gasteiger partial charge in [0.1, 0.15) is 5.75 Å². The third-order valence-electron chi connectivity index (χ3n) is 6.18. The number of sulfonamides is 2. The molecule has 1 aliphatic rings. The molecule has 0 unspecified atom stereocenters. The van der Waals surface area contributed by atoms with Crippen LogP contribution in [0.2, 0.25) is 10.0 Å². The number of nitrogens with zero attached hydrogens (tertiary/aromatic N) is 1. The third-order valence-corrected chi connectivity index (χ3v) is 10.1. The maximum atomic E-state index is 13.4. The predicted molar refractivity (Wildman–Crippen MR) is 160 cm³/mol. The number of ether oxygens (including phenoxy) is 1. The molecule has 1 aliphatic heterocycles. The average molecular weight is 633 g/mol. The summed E-state index contributed by atoms with van der Waals surface area (Å²) in [6.45, 7) is -0.241. The number of nitrogens with one attached hydrogen (secondary N) is 2. The van der Waals surface area contributed by atoms with Crippen molar-refractivity contribution in [2.24, 2.45) is 0 Å². The molecule has 0 saturated carbocycles. The van der Waals surface area contributed by atoms with E-state index in [4.69, 9.17) is 27.9 Å². The van der Waals surface area contributed by atoms with E-state index in [9.17, 15) is 21.6 Å². The van der Waals surface area contributed by atoms with Gasteiger partial charge in [0.05, 0.1) is 38.6 Å². The van der Waals surface area contributed by atoms with E-state index < -0.39 is 32.1 Å². The van der Waals surface area contributed by atoms with Crippen LogP contribution in [-0.2, 0) is 30.6 Å². The van der Waals surface area contributed by atoms with Gasteiger partial charge < -0.3 is 10.1 Å². The second kappa shape index (κ2) is 11.6. The molecular weight excluding hydrogens is 609 g/mol. The summed E-state index contributed by atoms with van der Waals surface area (Å²) in [5.74, 6) is -0.595. The Hall–Kier alpha value is -3.77. The molecule has 1 heterocycles. The van der Waals surface area contributed by atoms with Crippen molar-refractivity contribution < 1.29 is 26.4 Å². The molecular formula is C28H23Cl2N3O6S2. The Bertz CT molecular complexity index is 1800. The van der Waals surface area contributed by atoms with Gasteiger partial charge in [0.15, 0.2) is 6.10 Å². The first-order valence-corrected chi connectivity index (χ1v) is 16.1. The number of rotatable bonds is 8. The molecule has 1 atom stereocenters. The van der Waals surface area contributed by atoms with Crippen LogP contribution in [0, 0.1) is 0 Å². The van der Waals surface area contributed by atoms with E-state index in [1.165, 1.54) is 40.7 Å². The lowest BCUT2D eigenvalue weighted by atomic mass is 10.2. The number of anilines is 3. The lowest BCUT2D eigenvalue weighted by Crippen LogP contribution is -2.49. The Kier molecular flexibility index (Phi) is 8.14. The van der Waals surface area contributed by atoms with Gasteiger partial charge in [0.25, 0.3) is 15.9 Å². The Morgan fingerprint density at radius 1 is 0.854 bits per heavy atom. The molecule has 4 aromatic carbocycles. The van der Waals surface area contributed by atoms with Gasteiger partial charge in [0.2, 0.25) is 10.0 Å². The molecule has 5 rings (SSSR count). The summed E-state index contributed by atoms with van der Waals surface area (Å²) in [5, 5.41) is 2.93. The van der Waals surface area contributed by atoms with Crippen LogP contribution < -0.4 is 19.1 Å². The van der Waals surface area contributed by atoms with Crippen LogP contribution in [0.3, 0.4) is 0 Å². The highest BCUT2D eigenvalue weighted by molar-refractivity contribution is 7.92. The first kappa shape index (κ1) is 28.7. The summed E-state index contributed by atoms with van der Waals surface area (Å²) in [6, 6.07) is 25.4. The van der Waals surface area contributed by atoms with Gasteiger partial charge in [-0.1, -0.05) is 71.7 Å². The van der Waals surface area contributed by atoms with Crippen LogP contribution in [0.25, 0.3) is 0 Å². The molecule has 0 aromatic heterocycles. The molecule has 0 saturated heterocycles. The number of para-hydroxylation sites is 2. The molecule has 2 N–H and O–H groups in total. The number of carbonyl (C=O) groups excluding carboxylic acids is 1. The fraction of sp³-hybridized carbons (Fsp3) is 0.107. The summed E-state index contributed by atoms with van der Waals surface area (Å²) < 4.78 is 61.9. The van der Waals surface area contributed by atoms with E-state index in [2.05, 4.69) is 10.0 Å². The molecule has 13 heteroatoms. The number of carbonyl (C=O) groups is 1. The Balaban J connectivity index is 1.32. The van der Waals surface area contributed by atoms with Crippen molar-refractivity contribution in [2.45, 2.75) is 16.8 Å². The number of hydrogen-bond acceptors (Lipinski definition) is 6. The molecule has 0 spiro atoms. The van der Waals surface area contributed by atoms with Crippen molar-refractivity contribution in [3.8, 4) is 5.75 Å². The molecule has 0 fully saturated rings. The zero-order valence-corrected chi connectivity index (χ0v) is 24.3. The molecule has 0 bridgehead atoms. The number of halogens is 2. The molecule has 9 nitrogen and oxygen atoms in total. The minimum atomic E-state index is -4.01. The standard InChI is InChI=1S/C28H23Cl2N3O6S2/c29-22-9-6-10-23(27(22)30)32-41(37,38)21-15-13-20(14-16-21)31-28(34)26-17-33(24-11-4-5-12-25(24)39-26)40(35,36)18-19-7-2-1-3-8-19/h1-16,26,32H,17-18H2,(H,31,34)/t26-/m0/s1. The SMILES string of the molecule is O=C(Nc1ccc(S(=O)(=O)Nc2cccc(Cl)c2Cl)cc1)[C@@H]1CN(S(=O)(=O)Cc2ccccc2)c2ccccc2O1. The highest BCUT2D eigenvalue weighted by Crippen LogP contribution is 2.36. The van der Waals surface area contributed by atoms with E-state index in [1.807, 2.05) is 0 Å². The molecule has 1 amide bonds. The van der Waals surface area contributed by atoms with Gasteiger partial charge in [-0.15, -0.1) is 0 Å². The van der Waals surface area contributed by atoms with Crippen LogP contribution in [0.4, 0.5) is 17.1 Å². The quantitative estimate of drug-likeness (QED) is 0.264. The van der Waals surface area contributed by atoms with Crippen molar-refractivity contribution in [1.29, 1.82) is 0 Å². The second-order valence-corrected chi connectivity index (χ2v) is 13.4. The van der Waals surface area contributed by atoms with Crippen LogP contribution in [0.1, 0.15) is 5.56 Å². The van der Waals surface area contributed by atoms with E-state index >= 15 is 0 Å². The van der Waals surface area contributed by atoms with Crippen molar-refractivity contribution >= 4 is 66.2 Å². The fourth-order valence-corrected chi connectivity index (χ4v) is 7.25. The fourth-order valence-electron chi connectivity index (χ4n) is 4.19. The second-order valence-electron chi connectivity index (χ2n) is 9.07. The van der Waals surface area contributed by atoms with Crippen molar-refractivity contribution in [2.75, 3.05) is 20.9 Å². The van der Waals surface area contributed by atoms with Gasteiger partial charge in [-0.05, 0) is 54.1 Å². The first-order chi connectivity index (χ1) is 19.5. The minimum Gasteiger partial charge on any atom is -0.476 e. The highest BCUT2D eigenvalue weighted by atomic mass is 35.5. The Morgan fingerprint density at radius 2 is 1.54 bits per heavy atom. The van der Waals surface area contributed by atoms with Gasteiger partial charge in [-0.3, -0.25) is 13.8 Å². The van der Waals surface area contributed by atoms with E-state index in [-0.39, 0.29) is 44.4 Å². The van der Waals surface area contributed by atoms with Crippen LogP contribution in [-0.4, -0.2) is 35.4 Å². The third kappa shape index (κ3) is 6.43. The van der Waals surface area contributed by atoms with Crippen molar-refractivity contribution in [1.82, 2.24) is 0 Å². The molecule has 4 aromatic rings. The number of amides is 1. The number of benzene rings is 4. The van der Waals surface area contributed by atoms with Gasteiger partial charge in [-0.25, -0.2) is 16.8 Å². The Labute approximate surface area is 247 Å². The van der Waals surface area contributed by atoms with Gasteiger partial charge >= 0.3 is 0 Å². The van der Waals surface area contributed by atoms with Crippen LogP contribution >= 0.6 is 23.2 Å². The minimum absolute atomic E-state index is 0.0653. The lowest BCUT2D eigenvalue weighted by Gasteiger charge is -2.34. The normalized spacial score (nSPS) is 15.0. The summed E-state index contributed by atoms with van der Waals surface area (Å²) in [6.07, 6.45) is -1.16. The number of fused-ring (bicyclic) bond motifs is 1. The molecule has 212 valence electrons. The predicted octanol–water partition coefficient (Wildman–Crippen LogP) is 5.53. The van der Waals surface area contributed by atoms with E-state index in [0.29, 0.717) is 11.3 Å². The maximum absolute atomic E-state index is 13.4. The van der Waals surface area contributed by atoms with E-state index in [0.717, 1.165) is 0 Å². The maximum Gasteiger partial charge on any atom is 0.267 e. The highest BCUT2D eigenvalue weighted by Gasteiger charge is 2.36. The monoisotopic (exact) mass is 631 g/mol. The lowest BCUT2D eigenvalue weighted by molar-refractivity contribution is -0.122. The molecule has 41 heavy (non-hydrogen) atoms. The van der Waals surface area contributed by atoms with Crippen LogP contribution in [0.5, 0.6) is 5.75 Å². The topological polar surface area (TPSA) is 122 Å². The molecule has 0 radical (unpaired) electrons. The van der Waals surface area contributed by atoms with Gasteiger partial charge in [0, 0.05) is 5.69 Å². The number of hydrogen-bond donors (Lipinski definition) is 2. The van der Waals surface area contributed by atoms with Gasteiger partial charge in [-0.2, -0.15) is 0 Å². The average Bonchev–Trinajstić information content (AvgIpc) is 2.95. The van der Waals surface area contributed by atoms with Crippen LogP contribution in [0.15, 0.2) is 102 Å². The van der Waals surface area contributed by atoms with Crippen molar-refractivity contribution in [3.05, 3.63) is 113 Å². The summed E-state index contributed by atoms with van der Waals surface area (Å²) in [7, 11) is -7.87. The zero-order valence-electron chi connectivity index (χ0n) is 21.2. The van der Waals surface area contributed by atoms with Crippen molar-refractivity contribution in [3.63, 3.8) is 0 Å². The summed E-state index contributed by atoms with van der Waals surface area (Å²) in [4.78, 5) is 13.1. The van der Waals surface area contributed by atoms with E-state index in [1.54, 1.807) is 60.7 Å². The summed E-state index contributed by atoms with van der Waals surface area (Å²) in [5.41, 5.74) is 1.36. The zero-order chi connectivity index (χ0) is 29.2. The summed E-state index contributed by atoms with van der Waals surface area (Å²) >= 11 is 12.1. The molecule has 0 aliphatic carbocycles. The Morgan fingerprint density at radius 3 is 2.27 bits per heavy atom. The smallest absolute Gasteiger partial charge is 0.267 e. The first-order valence-electron chi connectivity index (χ1n) is 12.2.